The fourth-order valence-electron chi connectivity index (χ4n) is 2.72. The van der Waals surface area contributed by atoms with Crippen molar-refractivity contribution in [2.75, 3.05) is 12.4 Å². The van der Waals surface area contributed by atoms with Crippen LogP contribution in [0.3, 0.4) is 0 Å². The van der Waals surface area contributed by atoms with E-state index in [1.165, 1.54) is 42.5 Å². The first-order chi connectivity index (χ1) is 16.3. The summed E-state index contributed by atoms with van der Waals surface area (Å²) >= 11 is 6.15. The predicted octanol–water partition coefficient (Wildman–Crippen LogP) is 1.06. The molecule has 2 rings (SSSR count). The molecule has 15 heteroatoms. The number of esters is 1. The minimum absolute atomic E-state index is 0.00700. The first kappa shape index (κ1) is 27.5. The molecule has 1 atom stereocenters. The van der Waals surface area contributed by atoms with Crippen molar-refractivity contribution in [2.45, 2.75) is 19.0 Å². The number of likely N-dealkylation sites (N-methyl/N-ethyl adjacent to an activating group) is 1. The van der Waals surface area contributed by atoms with Gasteiger partial charge in [0, 0.05) is 19.3 Å². The van der Waals surface area contributed by atoms with E-state index in [2.05, 4.69) is 10.0 Å². The molecular formula is C20H22ClN5O8S. The number of anilines is 1. The number of halogens is 1. The quantitative estimate of drug-likeness (QED) is 0.106. The van der Waals surface area contributed by atoms with E-state index in [1.807, 2.05) is 0 Å². The summed E-state index contributed by atoms with van der Waals surface area (Å²) in [7, 11) is -3.41. The van der Waals surface area contributed by atoms with E-state index in [9.17, 15) is 22.8 Å². The summed E-state index contributed by atoms with van der Waals surface area (Å²) in [6.45, 7) is -0.301. The molecule has 0 saturated carbocycles. The van der Waals surface area contributed by atoms with Crippen LogP contribution in [0.1, 0.15) is 22.3 Å². The Morgan fingerprint density at radius 2 is 1.80 bits per heavy atom. The summed E-state index contributed by atoms with van der Waals surface area (Å²) in [5.74, 6) is -4.05. The number of benzene rings is 2. The van der Waals surface area contributed by atoms with Gasteiger partial charge in [0.1, 0.15) is 11.8 Å². The summed E-state index contributed by atoms with van der Waals surface area (Å²) in [4.78, 5) is 34.5. The molecule has 0 aliphatic heterocycles. The number of hydrogen-bond acceptors (Lipinski definition) is 7. The number of carbonyl (C=O) groups excluding carboxylic acids is 1. The minimum Gasteiger partial charge on any atom is -0.481 e. The maximum atomic E-state index is 12.4. The van der Waals surface area contributed by atoms with E-state index in [4.69, 9.17) is 37.7 Å². The number of ether oxygens (including phenoxy) is 1. The number of guanidine groups is 1. The number of nitrogens with two attached hydrogens (primary N) is 1. The van der Waals surface area contributed by atoms with Crippen molar-refractivity contribution in [3.8, 4) is 5.75 Å². The lowest BCUT2D eigenvalue weighted by Gasteiger charge is -2.23. The van der Waals surface area contributed by atoms with Crippen LogP contribution in [0.4, 0.5) is 5.69 Å². The topological polar surface area (TPSA) is 212 Å². The largest absolute Gasteiger partial charge is 0.481 e. The molecule has 0 aliphatic carbocycles. The molecule has 2 aromatic carbocycles. The van der Waals surface area contributed by atoms with Gasteiger partial charge in [0.25, 0.3) is 10.2 Å². The van der Waals surface area contributed by atoms with E-state index >= 15 is 0 Å². The number of nitrogens with zero attached hydrogens (tertiary/aromatic N) is 1. The zero-order valence-electron chi connectivity index (χ0n) is 18.2. The van der Waals surface area contributed by atoms with Gasteiger partial charge in [0.2, 0.25) is 0 Å². The summed E-state index contributed by atoms with van der Waals surface area (Å²) in [6, 6.07) is 8.29. The fourth-order valence-corrected chi connectivity index (χ4v) is 4.02. The second-order valence-corrected chi connectivity index (χ2v) is 9.29. The van der Waals surface area contributed by atoms with Gasteiger partial charge >= 0.3 is 17.9 Å². The van der Waals surface area contributed by atoms with Gasteiger partial charge in [-0.1, -0.05) is 17.7 Å². The molecular weight excluding hydrogens is 506 g/mol. The monoisotopic (exact) mass is 527 g/mol. The summed E-state index contributed by atoms with van der Waals surface area (Å²) < 4.78 is 32.6. The molecule has 0 saturated heterocycles. The highest BCUT2D eigenvalue weighted by Crippen LogP contribution is 2.26. The molecule has 35 heavy (non-hydrogen) atoms. The number of nitrogens with one attached hydrogen (secondary N) is 3. The molecule has 0 radical (unpaired) electrons. The van der Waals surface area contributed by atoms with Crippen molar-refractivity contribution in [3.05, 3.63) is 58.6 Å². The fraction of sp³-hybridized carbons (Fsp3) is 0.200. The molecule has 0 aromatic heterocycles. The predicted molar refractivity (Wildman–Crippen MR) is 126 cm³/mol. The molecule has 0 unspecified atom stereocenters. The van der Waals surface area contributed by atoms with Gasteiger partial charge in [0.05, 0.1) is 17.0 Å². The lowest BCUT2D eigenvalue weighted by molar-refractivity contribution is -0.147. The number of carboxylic acid groups (broad SMARTS) is 2. The van der Waals surface area contributed by atoms with Crippen molar-refractivity contribution in [2.24, 2.45) is 5.73 Å². The van der Waals surface area contributed by atoms with Gasteiger partial charge in [-0.15, -0.1) is 0 Å². The number of rotatable bonds is 11. The maximum absolute atomic E-state index is 12.4. The summed E-state index contributed by atoms with van der Waals surface area (Å²) in [6.07, 6.45) is -0.922. The van der Waals surface area contributed by atoms with E-state index in [0.717, 1.165) is 7.05 Å². The van der Waals surface area contributed by atoms with Crippen LogP contribution in [-0.4, -0.2) is 59.9 Å². The summed E-state index contributed by atoms with van der Waals surface area (Å²) in [5.41, 5.74) is 6.29. The highest BCUT2D eigenvalue weighted by Gasteiger charge is 2.33. The third-order valence-electron chi connectivity index (χ3n) is 4.53. The van der Waals surface area contributed by atoms with Crippen LogP contribution in [0.2, 0.25) is 5.02 Å². The summed E-state index contributed by atoms with van der Waals surface area (Å²) in [5, 5.41) is 27.7. The molecule has 0 amide bonds. The molecule has 13 nitrogen and oxygen atoms in total. The molecule has 0 aliphatic rings. The average molecular weight is 528 g/mol. The van der Waals surface area contributed by atoms with Crippen molar-refractivity contribution < 1.29 is 37.8 Å². The molecule has 0 fully saturated rings. The van der Waals surface area contributed by atoms with E-state index in [0.29, 0.717) is 15.6 Å². The molecule has 0 bridgehead atoms. The molecule has 7 N–H and O–H groups in total. The van der Waals surface area contributed by atoms with Crippen LogP contribution in [0.15, 0.2) is 42.5 Å². The number of carboxylic acids is 2. The zero-order valence-corrected chi connectivity index (χ0v) is 19.8. The maximum Gasteiger partial charge on any atom is 0.343 e. The Bertz CT molecular complexity index is 1240. The second-order valence-electron chi connectivity index (χ2n) is 7.06. The normalized spacial score (nSPS) is 12.1. The van der Waals surface area contributed by atoms with Gasteiger partial charge in [-0.25, -0.2) is 4.79 Å². The third-order valence-corrected chi connectivity index (χ3v) is 6.35. The smallest absolute Gasteiger partial charge is 0.343 e. The highest BCUT2D eigenvalue weighted by molar-refractivity contribution is 7.87. The Balaban J connectivity index is 2.05. The zero-order chi connectivity index (χ0) is 26.3. The van der Waals surface area contributed by atoms with E-state index in [1.54, 1.807) is 0 Å². The number of aliphatic carboxylic acids is 2. The molecule has 0 spiro atoms. The number of carbonyl (C=O) groups is 3. The first-order valence-electron chi connectivity index (χ1n) is 9.69. The third kappa shape index (κ3) is 7.92. The Labute approximate surface area is 205 Å². The van der Waals surface area contributed by atoms with Gasteiger partial charge in [-0.2, -0.15) is 17.4 Å². The Morgan fingerprint density at radius 3 is 2.31 bits per heavy atom. The van der Waals surface area contributed by atoms with Gasteiger partial charge in [-0.05, 0) is 42.0 Å². The Morgan fingerprint density at radius 1 is 1.17 bits per heavy atom. The van der Waals surface area contributed by atoms with Crippen LogP contribution in [0.25, 0.3) is 0 Å². The number of hydrogen-bond donors (Lipinski definition) is 6. The lowest BCUT2D eigenvalue weighted by Crippen LogP contribution is -2.48. The van der Waals surface area contributed by atoms with Gasteiger partial charge in [-0.3, -0.25) is 15.0 Å². The van der Waals surface area contributed by atoms with E-state index in [-0.39, 0.29) is 28.8 Å². The molecule has 2 aromatic rings. The van der Waals surface area contributed by atoms with Crippen molar-refractivity contribution in [3.63, 3.8) is 0 Å². The van der Waals surface area contributed by atoms with Crippen LogP contribution < -0.4 is 20.5 Å². The van der Waals surface area contributed by atoms with E-state index < -0.39 is 40.6 Å². The van der Waals surface area contributed by atoms with Crippen LogP contribution in [0.5, 0.6) is 5.75 Å². The molecule has 188 valence electrons. The van der Waals surface area contributed by atoms with Crippen molar-refractivity contribution >= 4 is 51.4 Å². The highest BCUT2D eigenvalue weighted by atomic mass is 35.5. The lowest BCUT2D eigenvalue weighted by atomic mass is 10.2. The minimum atomic E-state index is -4.35. The van der Waals surface area contributed by atoms with Crippen molar-refractivity contribution in [1.82, 2.24) is 9.03 Å². The average Bonchev–Trinajstić information content (AvgIpc) is 2.77. The Hall–Kier alpha value is -3.72. The van der Waals surface area contributed by atoms with Gasteiger partial charge in [0.15, 0.2) is 5.96 Å². The van der Waals surface area contributed by atoms with Gasteiger partial charge < -0.3 is 26.0 Å². The van der Waals surface area contributed by atoms with Crippen molar-refractivity contribution in [1.29, 1.82) is 5.41 Å². The molecule has 0 heterocycles. The van der Waals surface area contributed by atoms with Crippen LogP contribution in [-0.2, 0) is 26.3 Å². The first-order valence-corrected chi connectivity index (χ1v) is 11.5. The SMILES string of the molecule is CN([C@@H](CC(=O)O)C(=O)O)S(=O)(=O)NCc1ccc(OC(=O)c2ccc(NC(=N)N)cc2)c(Cl)c1. The standard InChI is InChI=1S/C20H22ClN5O8S/c1-26(15(18(29)30)9-17(27)28)35(32,33)24-10-11-2-7-16(14(21)8-11)34-19(31)12-3-5-13(6-4-12)25-20(22)23/h2-8,15,24H,9-10H2,1H3,(H,27,28)(H,29,30)(H4,22,23,25)/t15-/m0/s1. The second kappa shape index (κ2) is 11.6. The Kier molecular flexibility index (Phi) is 9.13. The van der Waals surface area contributed by atoms with Crippen LogP contribution >= 0.6 is 11.6 Å². The van der Waals surface area contributed by atoms with Crippen LogP contribution in [0, 0.1) is 5.41 Å².